The summed E-state index contributed by atoms with van der Waals surface area (Å²) in [7, 11) is 2.90. The van der Waals surface area contributed by atoms with Crippen LogP contribution in [-0.4, -0.2) is 47.4 Å². The fraction of sp³-hybridized carbons (Fsp3) is 0.360. The molecule has 0 radical (unpaired) electrons. The largest absolute Gasteiger partial charge is 0.366 e. The van der Waals surface area contributed by atoms with Gasteiger partial charge in [-0.3, -0.25) is 18.7 Å². The summed E-state index contributed by atoms with van der Waals surface area (Å²) in [5, 5.41) is 6.90. The number of benzene rings is 1. The van der Waals surface area contributed by atoms with Gasteiger partial charge in [0.15, 0.2) is 11.3 Å². The summed E-state index contributed by atoms with van der Waals surface area (Å²) in [6, 6.07) is 5.83. The Morgan fingerprint density at radius 3 is 2.68 bits per heavy atom. The van der Waals surface area contributed by atoms with E-state index in [1.54, 1.807) is 19.1 Å². The van der Waals surface area contributed by atoms with Crippen LogP contribution in [0.1, 0.15) is 32.7 Å². The van der Waals surface area contributed by atoms with Crippen LogP contribution < -0.4 is 21.5 Å². The predicted molar refractivity (Wildman–Crippen MR) is 137 cm³/mol. The quantitative estimate of drug-likeness (QED) is 0.441. The van der Waals surface area contributed by atoms with E-state index in [9.17, 15) is 18.8 Å². The molecular weight excluding hydrogens is 479 g/mol. The molecule has 0 unspecified atom stereocenters. The Labute approximate surface area is 211 Å². The molecule has 0 saturated carbocycles. The molecule has 2 atom stereocenters. The van der Waals surface area contributed by atoms with Gasteiger partial charge < -0.3 is 10.2 Å². The summed E-state index contributed by atoms with van der Waals surface area (Å²) in [4.78, 5) is 48.7. The summed E-state index contributed by atoms with van der Waals surface area (Å²) in [6.07, 6.45) is 4.93. The second kappa shape index (κ2) is 9.26. The van der Waals surface area contributed by atoms with Crippen LogP contribution in [0.3, 0.4) is 0 Å². The van der Waals surface area contributed by atoms with Gasteiger partial charge in [0.05, 0.1) is 17.4 Å². The zero-order valence-electron chi connectivity index (χ0n) is 21.0. The third kappa shape index (κ3) is 4.17. The van der Waals surface area contributed by atoms with Crippen molar-refractivity contribution in [1.82, 2.24) is 28.9 Å². The van der Waals surface area contributed by atoms with Crippen LogP contribution in [0.2, 0.25) is 0 Å². The molecule has 1 fully saturated rings. The molecule has 5 rings (SSSR count). The Morgan fingerprint density at radius 1 is 1.19 bits per heavy atom. The molecule has 192 valence electrons. The van der Waals surface area contributed by atoms with Gasteiger partial charge in [0.25, 0.3) is 5.56 Å². The highest BCUT2D eigenvalue weighted by atomic mass is 19.1. The van der Waals surface area contributed by atoms with Gasteiger partial charge in [-0.05, 0) is 51.0 Å². The van der Waals surface area contributed by atoms with Crippen LogP contribution in [0.15, 0.2) is 46.2 Å². The Hall–Kier alpha value is -4.35. The SMILES string of the molecule is C[C@H]1CCCN1c1ccc(-c2nccc(NC(=O)[C@H](C)n3ncc4c3c(=O)n(C)c(=O)n4C)n2)cc1F. The van der Waals surface area contributed by atoms with E-state index in [0.717, 1.165) is 24.0 Å². The van der Waals surface area contributed by atoms with E-state index in [-0.39, 0.29) is 29.0 Å². The van der Waals surface area contributed by atoms with Crippen molar-refractivity contribution < 1.29 is 9.18 Å². The number of nitrogens with zero attached hydrogens (tertiary/aromatic N) is 7. The lowest BCUT2D eigenvalue weighted by Crippen LogP contribution is -2.38. The predicted octanol–water partition coefficient (Wildman–Crippen LogP) is 2.22. The fourth-order valence-electron chi connectivity index (χ4n) is 4.75. The highest BCUT2D eigenvalue weighted by Gasteiger charge is 2.24. The van der Waals surface area contributed by atoms with Gasteiger partial charge in [0, 0.05) is 38.4 Å². The maximum absolute atomic E-state index is 15.0. The average Bonchev–Trinajstić information content (AvgIpc) is 3.52. The number of rotatable bonds is 5. The summed E-state index contributed by atoms with van der Waals surface area (Å²) >= 11 is 0. The first kappa shape index (κ1) is 24.3. The van der Waals surface area contributed by atoms with Crippen LogP contribution in [0.4, 0.5) is 15.9 Å². The van der Waals surface area contributed by atoms with Crippen molar-refractivity contribution in [2.45, 2.75) is 38.8 Å². The van der Waals surface area contributed by atoms with Crippen LogP contribution in [-0.2, 0) is 18.9 Å². The van der Waals surface area contributed by atoms with Crippen molar-refractivity contribution in [3.63, 3.8) is 0 Å². The molecule has 1 N–H and O–H groups in total. The molecule has 1 aliphatic rings. The number of anilines is 2. The third-order valence-corrected chi connectivity index (χ3v) is 6.94. The van der Waals surface area contributed by atoms with Gasteiger partial charge in [0.2, 0.25) is 5.91 Å². The van der Waals surface area contributed by atoms with E-state index in [2.05, 4.69) is 32.2 Å². The first-order valence-electron chi connectivity index (χ1n) is 12.0. The molecule has 0 bridgehead atoms. The number of nitrogens with one attached hydrogen (secondary N) is 1. The van der Waals surface area contributed by atoms with Crippen molar-refractivity contribution in [2.75, 3.05) is 16.8 Å². The molecule has 1 amide bonds. The van der Waals surface area contributed by atoms with Gasteiger partial charge in [-0.15, -0.1) is 0 Å². The number of carbonyl (C=O) groups is 1. The number of halogens is 1. The smallest absolute Gasteiger partial charge is 0.331 e. The van der Waals surface area contributed by atoms with E-state index in [4.69, 9.17) is 0 Å². The maximum Gasteiger partial charge on any atom is 0.331 e. The number of aryl methyl sites for hydroxylation is 1. The second-order valence-corrected chi connectivity index (χ2v) is 9.31. The first-order chi connectivity index (χ1) is 17.7. The number of fused-ring (bicyclic) bond motifs is 1. The van der Waals surface area contributed by atoms with Crippen molar-refractivity contribution >= 4 is 28.4 Å². The molecule has 0 aliphatic carbocycles. The topological polar surface area (TPSA) is 120 Å². The molecule has 0 spiro atoms. The van der Waals surface area contributed by atoms with E-state index in [1.807, 2.05) is 0 Å². The summed E-state index contributed by atoms with van der Waals surface area (Å²) in [5.74, 6) is -0.343. The Morgan fingerprint density at radius 2 is 1.97 bits per heavy atom. The Balaban J connectivity index is 1.39. The standard InChI is InChI=1S/C25H27FN8O3/c1-14-6-5-11-33(14)18-8-7-16(12-17(18)26)22-27-10-9-20(29-22)30-23(35)15(2)34-21-19(13-28-34)31(3)25(37)32(4)24(21)36/h7-10,12-15H,5-6,11H2,1-4H3,(H,27,29,30,35)/t14-,15-/m0/s1. The number of amides is 1. The normalized spacial score (nSPS) is 16.4. The van der Waals surface area contributed by atoms with Crippen molar-refractivity contribution in [2.24, 2.45) is 14.1 Å². The molecule has 4 heterocycles. The van der Waals surface area contributed by atoms with Crippen LogP contribution in [0.5, 0.6) is 0 Å². The second-order valence-electron chi connectivity index (χ2n) is 9.31. The van der Waals surface area contributed by atoms with E-state index in [0.29, 0.717) is 16.8 Å². The summed E-state index contributed by atoms with van der Waals surface area (Å²) < 4.78 is 18.5. The van der Waals surface area contributed by atoms with Crippen LogP contribution in [0, 0.1) is 5.82 Å². The lowest BCUT2D eigenvalue weighted by Gasteiger charge is -2.24. The van der Waals surface area contributed by atoms with Gasteiger partial charge in [0.1, 0.15) is 17.7 Å². The van der Waals surface area contributed by atoms with Gasteiger partial charge in [-0.1, -0.05) is 0 Å². The van der Waals surface area contributed by atoms with Crippen LogP contribution >= 0.6 is 0 Å². The molecule has 37 heavy (non-hydrogen) atoms. The zero-order valence-corrected chi connectivity index (χ0v) is 21.0. The van der Waals surface area contributed by atoms with Crippen molar-refractivity contribution in [3.05, 3.63) is 63.3 Å². The highest BCUT2D eigenvalue weighted by Crippen LogP contribution is 2.30. The summed E-state index contributed by atoms with van der Waals surface area (Å²) in [6.45, 7) is 4.49. The lowest BCUT2D eigenvalue weighted by molar-refractivity contribution is -0.119. The number of hydrogen-bond donors (Lipinski definition) is 1. The molecule has 12 heteroatoms. The number of aromatic nitrogens is 6. The molecule has 4 aromatic rings. The van der Waals surface area contributed by atoms with Gasteiger partial charge in [-0.25, -0.2) is 23.8 Å². The number of carbonyl (C=O) groups excluding carboxylic acids is 1. The van der Waals surface area contributed by atoms with E-state index >= 15 is 0 Å². The van der Waals surface area contributed by atoms with E-state index < -0.39 is 23.2 Å². The molecule has 1 saturated heterocycles. The Kier molecular flexibility index (Phi) is 6.10. The van der Waals surface area contributed by atoms with Crippen molar-refractivity contribution in [3.8, 4) is 11.4 Å². The molecule has 3 aromatic heterocycles. The molecule has 1 aliphatic heterocycles. The maximum atomic E-state index is 15.0. The number of hydrogen-bond acceptors (Lipinski definition) is 7. The van der Waals surface area contributed by atoms with Crippen LogP contribution in [0.25, 0.3) is 22.4 Å². The third-order valence-electron chi connectivity index (χ3n) is 6.94. The minimum atomic E-state index is -0.889. The fourth-order valence-corrected chi connectivity index (χ4v) is 4.75. The van der Waals surface area contributed by atoms with Crippen molar-refractivity contribution in [1.29, 1.82) is 0 Å². The zero-order chi connectivity index (χ0) is 26.4. The first-order valence-corrected chi connectivity index (χ1v) is 12.0. The molecule has 11 nitrogen and oxygen atoms in total. The minimum Gasteiger partial charge on any atom is -0.366 e. The van der Waals surface area contributed by atoms with Gasteiger partial charge >= 0.3 is 5.69 Å². The Bertz CT molecular complexity index is 1640. The molecule has 1 aromatic carbocycles. The van der Waals surface area contributed by atoms with Gasteiger partial charge in [-0.2, -0.15) is 5.10 Å². The van der Waals surface area contributed by atoms with E-state index in [1.165, 1.54) is 47.9 Å². The molecular formula is C25H27FN8O3. The highest BCUT2D eigenvalue weighted by molar-refractivity contribution is 5.93. The average molecular weight is 507 g/mol. The summed E-state index contributed by atoms with van der Waals surface area (Å²) in [5.41, 5.74) is 0.474. The minimum absolute atomic E-state index is 0.138. The lowest BCUT2D eigenvalue weighted by atomic mass is 10.1. The monoisotopic (exact) mass is 506 g/mol.